The number of likely N-dealkylation sites (tertiary alicyclic amines) is 1. The number of pyridine rings is 1. The van der Waals surface area contributed by atoms with Crippen molar-refractivity contribution in [1.82, 2.24) is 20.5 Å². The standard InChI is InChI=1S/C22H26BrN5O3/c23-18-6-7-19(24-15-18)26-21(30)17-8-11-28(12-9-17)13-10-20(29)27-22(31)25-14-16-4-2-1-3-5-16/h1-7,15,17H,8-14H2,(H,24,26,30)(H2,25,27,29,31). The third-order valence-corrected chi connectivity index (χ3v) is 5.61. The van der Waals surface area contributed by atoms with Crippen LogP contribution in [0.1, 0.15) is 24.8 Å². The molecule has 0 atom stereocenters. The van der Waals surface area contributed by atoms with Gasteiger partial charge in [0.1, 0.15) is 5.82 Å². The molecule has 4 amide bonds. The first-order valence-electron chi connectivity index (χ1n) is 10.3. The predicted octanol–water partition coefficient (Wildman–Crippen LogP) is 2.91. The SMILES string of the molecule is O=C(CCN1CCC(C(=O)Nc2ccc(Br)cn2)CC1)NC(=O)NCc1ccccc1. The number of carbonyl (C=O) groups is 3. The summed E-state index contributed by atoms with van der Waals surface area (Å²) < 4.78 is 0.858. The van der Waals surface area contributed by atoms with Gasteiger partial charge in [0.25, 0.3) is 0 Å². The molecule has 0 aliphatic carbocycles. The zero-order chi connectivity index (χ0) is 22.1. The molecular formula is C22H26BrN5O3. The zero-order valence-electron chi connectivity index (χ0n) is 17.1. The average Bonchev–Trinajstić information content (AvgIpc) is 2.79. The van der Waals surface area contributed by atoms with E-state index >= 15 is 0 Å². The van der Waals surface area contributed by atoms with Crippen molar-refractivity contribution in [2.45, 2.75) is 25.8 Å². The summed E-state index contributed by atoms with van der Waals surface area (Å²) in [5.74, 6) is 0.131. The van der Waals surface area contributed by atoms with Crippen molar-refractivity contribution >= 4 is 39.6 Å². The topological polar surface area (TPSA) is 103 Å². The molecule has 8 nitrogen and oxygen atoms in total. The van der Waals surface area contributed by atoms with Gasteiger partial charge in [0.05, 0.1) is 0 Å². The lowest BCUT2D eigenvalue weighted by Crippen LogP contribution is -2.42. The number of piperidine rings is 1. The molecule has 0 unspecified atom stereocenters. The van der Waals surface area contributed by atoms with E-state index in [1.165, 1.54) is 0 Å². The molecule has 0 spiro atoms. The van der Waals surface area contributed by atoms with Gasteiger partial charge < -0.3 is 15.5 Å². The van der Waals surface area contributed by atoms with Crippen LogP contribution in [0.5, 0.6) is 0 Å². The second-order valence-corrected chi connectivity index (χ2v) is 8.35. The van der Waals surface area contributed by atoms with Gasteiger partial charge in [-0.3, -0.25) is 14.9 Å². The van der Waals surface area contributed by atoms with Crippen LogP contribution in [0, 0.1) is 5.92 Å². The Bertz CT molecular complexity index is 884. The van der Waals surface area contributed by atoms with Gasteiger partial charge in [-0.25, -0.2) is 9.78 Å². The molecule has 164 valence electrons. The Balaban J connectivity index is 1.31. The van der Waals surface area contributed by atoms with Crippen LogP contribution in [0.25, 0.3) is 0 Å². The predicted molar refractivity (Wildman–Crippen MR) is 121 cm³/mol. The molecule has 1 aromatic carbocycles. The van der Waals surface area contributed by atoms with Gasteiger partial charge in [0, 0.05) is 36.1 Å². The number of halogens is 1. The normalized spacial score (nSPS) is 14.6. The van der Waals surface area contributed by atoms with Gasteiger partial charge in [-0.1, -0.05) is 30.3 Å². The molecule has 2 aromatic rings. The Morgan fingerprint density at radius 3 is 2.48 bits per heavy atom. The molecule has 0 bridgehead atoms. The van der Waals surface area contributed by atoms with Gasteiger partial charge in [0.15, 0.2) is 0 Å². The van der Waals surface area contributed by atoms with E-state index in [2.05, 4.69) is 41.8 Å². The minimum Gasteiger partial charge on any atom is -0.334 e. The summed E-state index contributed by atoms with van der Waals surface area (Å²) in [5, 5.41) is 7.88. The molecule has 1 saturated heterocycles. The van der Waals surface area contributed by atoms with Crippen LogP contribution in [0.3, 0.4) is 0 Å². The fourth-order valence-electron chi connectivity index (χ4n) is 3.37. The number of carbonyl (C=O) groups excluding carboxylic acids is 3. The van der Waals surface area contributed by atoms with Gasteiger partial charge in [-0.05, 0) is 59.6 Å². The Morgan fingerprint density at radius 1 is 1.06 bits per heavy atom. The molecule has 0 saturated carbocycles. The van der Waals surface area contributed by atoms with Crippen molar-refractivity contribution in [3.63, 3.8) is 0 Å². The van der Waals surface area contributed by atoms with Crippen LogP contribution in [0.2, 0.25) is 0 Å². The number of amides is 4. The number of urea groups is 1. The van der Waals surface area contributed by atoms with Crippen molar-refractivity contribution in [2.75, 3.05) is 25.0 Å². The summed E-state index contributed by atoms with van der Waals surface area (Å²) in [5.41, 5.74) is 0.966. The lowest BCUT2D eigenvalue weighted by molar-refractivity contribution is -0.122. The highest BCUT2D eigenvalue weighted by atomic mass is 79.9. The third kappa shape index (κ3) is 7.76. The highest BCUT2D eigenvalue weighted by Crippen LogP contribution is 2.19. The molecule has 1 aliphatic heterocycles. The fourth-order valence-corrected chi connectivity index (χ4v) is 3.60. The van der Waals surface area contributed by atoms with Gasteiger partial charge >= 0.3 is 6.03 Å². The first-order valence-corrected chi connectivity index (χ1v) is 11.1. The van der Waals surface area contributed by atoms with Crippen LogP contribution in [-0.2, 0) is 16.1 Å². The number of aromatic nitrogens is 1. The lowest BCUT2D eigenvalue weighted by Gasteiger charge is -2.30. The number of imide groups is 1. The van der Waals surface area contributed by atoms with Gasteiger partial charge in [0.2, 0.25) is 11.8 Å². The first-order chi connectivity index (χ1) is 15.0. The summed E-state index contributed by atoms with van der Waals surface area (Å²) in [7, 11) is 0. The number of hydrogen-bond donors (Lipinski definition) is 3. The molecule has 9 heteroatoms. The van der Waals surface area contributed by atoms with E-state index in [1.54, 1.807) is 12.3 Å². The van der Waals surface area contributed by atoms with Crippen LogP contribution >= 0.6 is 15.9 Å². The van der Waals surface area contributed by atoms with E-state index in [4.69, 9.17) is 0 Å². The summed E-state index contributed by atoms with van der Waals surface area (Å²) >= 11 is 3.32. The maximum Gasteiger partial charge on any atom is 0.321 e. The maximum atomic E-state index is 12.4. The molecule has 31 heavy (non-hydrogen) atoms. The molecule has 3 N–H and O–H groups in total. The number of nitrogens with zero attached hydrogens (tertiary/aromatic N) is 2. The maximum absolute atomic E-state index is 12.4. The number of benzene rings is 1. The number of nitrogens with one attached hydrogen (secondary N) is 3. The monoisotopic (exact) mass is 487 g/mol. The molecule has 2 heterocycles. The Morgan fingerprint density at radius 2 is 1.81 bits per heavy atom. The highest BCUT2D eigenvalue weighted by Gasteiger charge is 2.25. The van der Waals surface area contributed by atoms with E-state index < -0.39 is 6.03 Å². The van der Waals surface area contributed by atoms with Gasteiger partial charge in [-0.15, -0.1) is 0 Å². The van der Waals surface area contributed by atoms with Crippen LogP contribution < -0.4 is 16.0 Å². The molecule has 1 fully saturated rings. The third-order valence-electron chi connectivity index (χ3n) is 5.14. The van der Waals surface area contributed by atoms with E-state index in [-0.39, 0.29) is 24.2 Å². The van der Waals surface area contributed by atoms with Crippen molar-refractivity contribution < 1.29 is 14.4 Å². The van der Waals surface area contributed by atoms with Crippen molar-refractivity contribution in [3.8, 4) is 0 Å². The summed E-state index contributed by atoms with van der Waals surface area (Å²) in [6.45, 7) is 2.39. The lowest BCUT2D eigenvalue weighted by atomic mass is 9.96. The van der Waals surface area contributed by atoms with Crippen molar-refractivity contribution in [3.05, 3.63) is 58.7 Å². The minimum atomic E-state index is -0.495. The first kappa shape index (κ1) is 22.9. The fraction of sp³-hybridized carbons (Fsp3) is 0.364. The summed E-state index contributed by atoms with van der Waals surface area (Å²) in [6, 6.07) is 12.6. The number of hydrogen-bond acceptors (Lipinski definition) is 5. The number of anilines is 1. The number of rotatable bonds is 7. The average molecular weight is 488 g/mol. The van der Waals surface area contributed by atoms with E-state index in [9.17, 15) is 14.4 Å². The Kier molecular flexibility index (Phi) is 8.54. The van der Waals surface area contributed by atoms with E-state index in [0.29, 0.717) is 18.9 Å². The summed E-state index contributed by atoms with van der Waals surface area (Å²) in [6.07, 6.45) is 3.33. The second-order valence-electron chi connectivity index (χ2n) is 7.43. The Hall–Kier alpha value is -2.78. The van der Waals surface area contributed by atoms with Gasteiger partial charge in [-0.2, -0.15) is 0 Å². The quantitative estimate of drug-likeness (QED) is 0.556. The highest BCUT2D eigenvalue weighted by molar-refractivity contribution is 9.10. The van der Waals surface area contributed by atoms with Crippen LogP contribution in [0.4, 0.5) is 10.6 Å². The van der Waals surface area contributed by atoms with Crippen LogP contribution in [-0.4, -0.2) is 47.4 Å². The second kappa shape index (κ2) is 11.6. The Labute approximate surface area is 189 Å². The molecule has 0 radical (unpaired) electrons. The molecule has 1 aromatic heterocycles. The molecule has 1 aliphatic rings. The van der Waals surface area contributed by atoms with Crippen LogP contribution in [0.15, 0.2) is 53.1 Å². The van der Waals surface area contributed by atoms with E-state index in [0.717, 1.165) is 36.0 Å². The minimum absolute atomic E-state index is 0.0256. The zero-order valence-corrected chi connectivity index (χ0v) is 18.7. The summed E-state index contributed by atoms with van der Waals surface area (Å²) in [4.78, 5) is 42.6. The molecule has 3 rings (SSSR count). The smallest absolute Gasteiger partial charge is 0.321 e. The van der Waals surface area contributed by atoms with Crippen molar-refractivity contribution in [1.29, 1.82) is 0 Å². The largest absolute Gasteiger partial charge is 0.334 e. The molecular weight excluding hydrogens is 462 g/mol. The van der Waals surface area contributed by atoms with E-state index in [1.807, 2.05) is 36.4 Å². The van der Waals surface area contributed by atoms with Crippen molar-refractivity contribution in [2.24, 2.45) is 5.92 Å².